The first-order chi connectivity index (χ1) is 20.6. The highest BCUT2D eigenvalue weighted by molar-refractivity contribution is 7.91. The first kappa shape index (κ1) is 36.7. The fourth-order valence-corrected chi connectivity index (χ4v) is 5.94. The van der Waals surface area contributed by atoms with E-state index in [4.69, 9.17) is 0 Å². The molecule has 2 aromatic rings. The van der Waals surface area contributed by atoms with Crippen molar-refractivity contribution in [3.8, 4) is 0 Å². The van der Waals surface area contributed by atoms with Crippen molar-refractivity contribution in [2.75, 3.05) is 18.1 Å². The van der Waals surface area contributed by atoms with Crippen LogP contribution in [0.5, 0.6) is 0 Å². The number of amides is 3. The van der Waals surface area contributed by atoms with Gasteiger partial charge in [-0.05, 0) is 48.6 Å². The molecule has 244 valence electrons. The summed E-state index contributed by atoms with van der Waals surface area (Å²) in [6.07, 6.45) is -0.472. The molecule has 0 saturated carbocycles. The minimum absolute atomic E-state index is 0.00229. The van der Waals surface area contributed by atoms with Gasteiger partial charge in [0.25, 0.3) is 5.91 Å². The van der Waals surface area contributed by atoms with Crippen LogP contribution in [-0.4, -0.2) is 83.7 Å². The molecular formula is C30H42F2N4O7S. The fraction of sp³-hybridized carbons (Fsp3) is 0.533. The van der Waals surface area contributed by atoms with E-state index in [2.05, 4.69) is 20.9 Å². The number of benzene rings is 1. The molecule has 5 atom stereocenters. The zero-order valence-electron chi connectivity index (χ0n) is 25.3. The predicted octanol–water partition coefficient (Wildman–Crippen LogP) is 1.53. The highest BCUT2D eigenvalue weighted by atomic mass is 32.2. The molecule has 1 unspecified atom stereocenters. The molecule has 5 N–H and O–H groups in total. The Kier molecular flexibility index (Phi) is 14.3. The Balaban J connectivity index is 2.41. The van der Waals surface area contributed by atoms with E-state index in [-0.39, 0.29) is 22.8 Å². The topological polar surface area (TPSA) is 175 Å². The van der Waals surface area contributed by atoms with Gasteiger partial charge in [-0.2, -0.15) is 0 Å². The van der Waals surface area contributed by atoms with E-state index in [1.165, 1.54) is 31.5 Å². The smallest absolute Gasteiger partial charge is 0.253 e. The van der Waals surface area contributed by atoms with E-state index < -0.39 is 81.6 Å². The number of unbranched alkanes of at least 4 members (excludes halogenated alkanes) is 1. The molecule has 0 aliphatic rings. The Labute approximate surface area is 256 Å². The molecule has 3 amide bonds. The summed E-state index contributed by atoms with van der Waals surface area (Å²) in [4.78, 5) is 42.9. The highest BCUT2D eigenvalue weighted by Crippen LogP contribution is 2.17. The highest BCUT2D eigenvalue weighted by Gasteiger charge is 2.37. The van der Waals surface area contributed by atoms with E-state index >= 15 is 0 Å². The van der Waals surface area contributed by atoms with Gasteiger partial charge in [-0.3, -0.25) is 19.4 Å². The summed E-state index contributed by atoms with van der Waals surface area (Å²) >= 11 is 0. The number of aliphatic hydroxyl groups excluding tert-OH is 2. The van der Waals surface area contributed by atoms with Crippen LogP contribution >= 0.6 is 0 Å². The second-order valence-corrected chi connectivity index (χ2v) is 13.5. The van der Waals surface area contributed by atoms with Crippen molar-refractivity contribution in [2.24, 2.45) is 11.8 Å². The van der Waals surface area contributed by atoms with Gasteiger partial charge < -0.3 is 26.2 Å². The minimum Gasteiger partial charge on any atom is -0.390 e. The SMILES string of the molecule is CCCCS(=O)(=O)CC(NC(=O)c1cccnc1)C(=O)N[C@@H](Cc1cc(F)cc(F)c1)[C@@H](O)[C@H](O)[C@@H](C)C(=O)NCC(C)C. The van der Waals surface area contributed by atoms with Gasteiger partial charge in [-0.1, -0.05) is 34.1 Å². The molecule has 0 aliphatic heterocycles. The number of sulfone groups is 1. The number of aliphatic hydroxyl groups is 2. The number of carbonyl (C=O) groups is 3. The third-order valence-corrected chi connectivity index (χ3v) is 8.61. The average molecular weight is 641 g/mol. The molecule has 0 saturated heterocycles. The fourth-order valence-electron chi connectivity index (χ4n) is 4.30. The number of hydrogen-bond acceptors (Lipinski definition) is 8. The van der Waals surface area contributed by atoms with Gasteiger partial charge in [-0.25, -0.2) is 17.2 Å². The largest absolute Gasteiger partial charge is 0.390 e. The second-order valence-electron chi connectivity index (χ2n) is 11.2. The third-order valence-electron chi connectivity index (χ3n) is 6.85. The van der Waals surface area contributed by atoms with E-state index in [0.29, 0.717) is 25.5 Å². The van der Waals surface area contributed by atoms with Crippen LogP contribution in [0.4, 0.5) is 8.78 Å². The van der Waals surface area contributed by atoms with Crippen LogP contribution in [0.3, 0.4) is 0 Å². The zero-order valence-corrected chi connectivity index (χ0v) is 26.1. The number of halogens is 2. The average Bonchev–Trinajstić information content (AvgIpc) is 2.96. The van der Waals surface area contributed by atoms with Crippen molar-refractivity contribution in [3.05, 3.63) is 65.5 Å². The van der Waals surface area contributed by atoms with Crippen LogP contribution in [0.1, 0.15) is 56.5 Å². The van der Waals surface area contributed by atoms with E-state index in [9.17, 15) is 41.8 Å². The molecule has 2 rings (SSSR count). The lowest BCUT2D eigenvalue weighted by molar-refractivity contribution is -0.132. The van der Waals surface area contributed by atoms with E-state index in [1.807, 2.05) is 13.8 Å². The van der Waals surface area contributed by atoms with Crippen LogP contribution in [0.15, 0.2) is 42.7 Å². The van der Waals surface area contributed by atoms with Crippen LogP contribution in [0, 0.1) is 23.5 Å². The van der Waals surface area contributed by atoms with Crippen LogP contribution < -0.4 is 16.0 Å². The Morgan fingerprint density at radius 3 is 2.20 bits per heavy atom. The molecule has 11 nitrogen and oxygen atoms in total. The maximum absolute atomic E-state index is 14.0. The summed E-state index contributed by atoms with van der Waals surface area (Å²) in [6.45, 7) is 7.19. The molecule has 0 fully saturated rings. The van der Waals surface area contributed by atoms with Crippen LogP contribution in [0.25, 0.3) is 0 Å². The first-order valence-electron chi connectivity index (χ1n) is 14.4. The Morgan fingerprint density at radius 2 is 1.64 bits per heavy atom. The molecule has 1 heterocycles. The van der Waals surface area contributed by atoms with Crippen molar-refractivity contribution in [3.63, 3.8) is 0 Å². The number of pyridine rings is 1. The Hall–Kier alpha value is -3.49. The van der Waals surface area contributed by atoms with Gasteiger partial charge in [0.2, 0.25) is 11.8 Å². The van der Waals surface area contributed by atoms with Gasteiger partial charge in [0.05, 0.1) is 35.1 Å². The molecule has 1 aromatic carbocycles. The Bertz CT molecular complexity index is 1340. The molecule has 0 radical (unpaired) electrons. The van der Waals surface area contributed by atoms with Crippen LogP contribution in [-0.2, 0) is 25.8 Å². The van der Waals surface area contributed by atoms with Crippen molar-refractivity contribution < 1.29 is 41.8 Å². The number of nitrogens with one attached hydrogen (secondary N) is 3. The summed E-state index contributed by atoms with van der Waals surface area (Å²) in [5, 5.41) is 29.6. The number of carbonyl (C=O) groups excluding carboxylic acids is 3. The minimum atomic E-state index is -3.85. The lowest BCUT2D eigenvalue weighted by Crippen LogP contribution is -2.58. The summed E-state index contributed by atoms with van der Waals surface area (Å²) < 4.78 is 53.6. The van der Waals surface area contributed by atoms with Crippen molar-refractivity contribution in [1.29, 1.82) is 0 Å². The lowest BCUT2D eigenvalue weighted by atomic mass is 9.90. The molecular weight excluding hydrogens is 598 g/mol. The Morgan fingerprint density at radius 1 is 0.977 bits per heavy atom. The summed E-state index contributed by atoms with van der Waals surface area (Å²) in [5.74, 6) is -6.33. The van der Waals surface area contributed by atoms with Gasteiger partial charge in [0.1, 0.15) is 23.8 Å². The molecule has 0 bridgehead atoms. The first-order valence-corrected chi connectivity index (χ1v) is 16.3. The third kappa shape index (κ3) is 11.9. The predicted molar refractivity (Wildman–Crippen MR) is 160 cm³/mol. The number of nitrogens with zero attached hydrogens (tertiary/aromatic N) is 1. The van der Waals surface area contributed by atoms with Crippen molar-refractivity contribution in [1.82, 2.24) is 20.9 Å². The molecule has 0 spiro atoms. The summed E-state index contributed by atoms with van der Waals surface area (Å²) in [7, 11) is -3.85. The van der Waals surface area contributed by atoms with E-state index in [1.54, 1.807) is 6.92 Å². The number of rotatable bonds is 17. The van der Waals surface area contributed by atoms with Crippen LogP contribution in [0.2, 0.25) is 0 Å². The molecule has 1 aromatic heterocycles. The zero-order chi connectivity index (χ0) is 33.0. The second kappa shape index (κ2) is 17.1. The molecule has 0 aliphatic carbocycles. The summed E-state index contributed by atoms with van der Waals surface area (Å²) in [6, 6.07) is 2.35. The molecule has 14 heteroatoms. The molecule has 44 heavy (non-hydrogen) atoms. The maximum Gasteiger partial charge on any atom is 0.253 e. The van der Waals surface area contributed by atoms with Gasteiger partial charge in [0, 0.05) is 25.0 Å². The van der Waals surface area contributed by atoms with Crippen molar-refractivity contribution >= 4 is 27.6 Å². The maximum atomic E-state index is 14.0. The standard InChI is InChI=1S/C30H42F2N4O7S/c1-5-6-10-44(42,43)17-25(36-29(40)21-8-7-9-33-16-21)30(41)35-24(13-20-11-22(31)14-23(32)12-20)27(38)26(37)19(4)28(39)34-15-18(2)3/h7-9,11-12,14,16,18-19,24-27,37-38H,5-6,10,13,15,17H2,1-4H3,(H,34,39)(H,35,41)(H,36,40)/t19-,24+,25?,26-,27-/m1/s1. The quantitative estimate of drug-likeness (QED) is 0.173. The number of aromatic nitrogens is 1. The lowest BCUT2D eigenvalue weighted by Gasteiger charge is -2.32. The van der Waals surface area contributed by atoms with Gasteiger partial charge in [-0.15, -0.1) is 0 Å². The van der Waals surface area contributed by atoms with Crippen molar-refractivity contribution in [2.45, 2.75) is 71.2 Å². The van der Waals surface area contributed by atoms with Gasteiger partial charge >= 0.3 is 0 Å². The van der Waals surface area contributed by atoms with Gasteiger partial charge in [0.15, 0.2) is 9.84 Å². The normalized spacial score (nSPS) is 15.1. The summed E-state index contributed by atoms with van der Waals surface area (Å²) in [5.41, 5.74) is 0.0576. The monoisotopic (exact) mass is 640 g/mol. The van der Waals surface area contributed by atoms with E-state index in [0.717, 1.165) is 12.1 Å². The number of hydrogen-bond donors (Lipinski definition) is 5.